The summed E-state index contributed by atoms with van der Waals surface area (Å²) in [6.45, 7) is 3.68. The number of hydrogen-bond acceptors (Lipinski definition) is 4. The van der Waals surface area contributed by atoms with E-state index in [1.165, 1.54) is 19.3 Å². The second-order valence-electron chi connectivity index (χ2n) is 4.52. The molecule has 5 heteroatoms. The molecule has 1 aliphatic heterocycles. The van der Waals surface area contributed by atoms with Gasteiger partial charge in [0.1, 0.15) is 0 Å². The summed E-state index contributed by atoms with van der Waals surface area (Å²) in [5.74, 6) is 0.102. The van der Waals surface area contributed by atoms with Gasteiger partial charge in [-0.25, -0.2) is 0 Å². The van der Waals surface area contributed by atoms with Crippen LogP contribution in [-0.4, -0.2) is 63.8 Å². The Bertz CT molecular complexity index is 222. The molecule has 0 saturated carbocycles. The van der Waals surface area contributed by atoms with Crippen molar-refractivity contribution in [2.24, 2.45) is 0 Å². The molecule has 1 fully saturated rings. The summed E-state index contributed by atoms with van der Waals surface area (Å²) in [5, 5.41) is 6.07. The van der Waals surface area contributed by atoms with Gasteiger partial charge >= 0.3 is 0 Å². The van der Waals surface area contributed by atoms with Gasteiger partial charge in [0.2, 0.25) is 5.91 Å². The number of likely N-dealkylation sites (tertiary alicyclic amines) is 1. The highest BCUT2D eigenvalue weighted by Gasteiger charge is 2.23. The number of nitrogens with one attached hydrogen (secondary N) is 2. The van der Waals surface area contributed by atoms with Gasteiger partial charge in [0.15, 0.2) is 0 Å². The Morgan fingerprint density at radius 2 is 2.29 bits per heavy atom. The van der Waals surface area contributed by atoms with Crippen LogP contribution in [0.2, 0.25) is 0 Å². The fourth-order valence-electron chi connectivity index (χ4n) is 2.27. The highest BCUT2D eigenvalue weighted by Crippen LogP contribution is 2.15. The normalized spacial score (nSPS) is 21.4. The lowest BCUT2D eigenvalue weighted by Crippen LogP contribution is -2.49. The van der Waals surface area contributed by atoms with Crippen LogP contribution in [0.5, 0.6) is 0 Å². The van der Waals surface area contributed by atoms with Crippen LogP contribution in [0.3, 0.4) is 0 Å². The van der Waals surface area contributed by atoms with E-state index in [0.717, 1.165) is 13.1 Å². The number of ether oxygens (including phenoxy) is 1. The van der Waals surface area contributed by atoms with Crippen LogP contribution in [0.1, 0.15) is 19.3 Å². The van der Waals surface area contributed by atoms with E-state index in [1.807, 2.05) is 7.05 Å². The maximum atomic E-state index is 11.7. The number of carbonyl (C=O) groups excluding carboxylic acids is 1. The monoisotopic (exact) mass is 243 g/mol. The van der Waals surface area contributed by atoms with Gasteiger partial charge in [0, 0.05) is 26.2 Å². The maximum Gasteiger partial charge on any atom is 0.234 e. The zero-order chi connectivity index (χ0) is 12.5. The molecule has 0 bridgehead atoms. The van der Waals surface area contributed by atoms with Crippen LogP contribution >= 0.6 is 0 Å². The number of rotatable bonds is 7. The topological polar surface area (TPSA) is 53.6 Å². The predicted octanol–water partition coefficient (Wildman–Crippen LogP) is -0.177. The van der Waals surface area contributed by atoms with E-state index in [0.29, 0.717) is 25.7 Å². The van der Waals surface area contributed by atoms with Crippen LogP contribution in [0.15, 0.2) is 0 Å². The zero-order valence-corrected chi connectivity index (χ0v) is 11.0. The summed E-state index contributed by atoms with van der Waals surface area (Å²) >= 11 is 0. The Morgan fingerprint density at radius 3 is 3.00 bits per heavy atom. The first-order chi connectivity index (χ1) is 8.27. The summed E-state index contributed by atoms with van der Waals surface area (Å²) in [6.07, 6.45) is 3.66. The van der Waals surface area contributed by atoms with Crippen LogP contribution in [-0.2, 0) is 9.53 Å². The highest BCUT2D eigenvalue weighted by atomic mass is 16.5. The van der Waals surface area contributed by atoms with E-state index >= 15 is 0 Å². The minimum Gasteiger partial charge on any atom is -0.383 e. The van der Waals surface area contributed by atoms with Gasteiger partial charge in [-0.15, -0.1) is 0 Å². The molecule has 0 spiro atoms. The smallest absolute Gasteiger partial charge is 0.234 e. The van der Waals surface area contributed by atoms with Crippen LogP contribution in [0.25, 0.3) is 0 Å². The summed E-state index contributed by atoms with van der Waals surface area (Å²) in [5.41, 5.74) is 0. The molecule has 1 aliphatic rings. The predicted molar refractivity (Wildman–Crippen MR) is 68.0 cm³/mol. The fraction of sp³-hybridized carbons (Fsp3) is 0.917. The maximum absolute atomic E-state index is 11.7. The summed E-state index contributed by atoms with van der Waals surface area (Å²) < 4.78 is 4.90. The molecule has 0 aromatic carbocycles. The van der Waals surface area contributed by atoms with Crippen molar-refractivity contribution in [3.63, 3.8) is 0 Å². The molecule has 1 unspecified atom stereocenters. The Morgan fingerprint density at radius 1 is 1.47 bits per heavy atom. The highest BCUT2D eigenvalue weighted by molar-refractivity contribution is 5.78. The number of carbonyl (C=O) groups is 1. The number of nitrogens with zero attached hydrogens (tertiary/aromatic N) is 1. The summed E-state index contributed by atoms with van der Waals surface area (Å²) in [6, 6.07) is 0.502. The van der Waals surface area contributed by atoms with Crippen molar-refractivity contribution in [1.82, 2.24) is 15.5 Å². The Kier molecular flexibility index (Phi) is 7.16. The molecular weight excluding hydrogens is 218 g/mol. The van der Waals surface area contributed by atoms with Crippen molar-refractivity contribution in [2.75, 3.05) is 46.9 Å². The second kappa shape index (κ2) is 8.44. The third-order valence-electron chi connectivity index (χ3n) is 3.16. The molecule has 1 saturated heterocycles. The summed E-state index contributed by atoms with van der Waals surface area (Å²) in [7, 11) is 3.60. The van der Waals surface area contributed by atoms with Crippen LogP contribution < -0.4 is 10.6 Å². The summed E-state index contributed by atoms with van der Waals surface area (Å²) in [4.78, 5) is 14.0. The molecular formula is C12H25N3O2. The van der Waals surface area contributed by atoms with E-state index in [9.17, 15) is 4.79 Å². The van der Waals surface area contributed by atoms with Gasteiger partial charge in [0.25, 0.3) is 0 Å². The van der Waals surface area contributed by atoms with E-state index in [1.54, 1.807) is 7.11 Å². The lowest BCUT2D eigenvalue weighted by molar-refractivity contribution is -0.123. The number of likely N-dealkylation sites (N-methyl/N-ethyl adjacent to an activating group) is 1. The zero-order valence-electron chi connectivity index (χ0n) is 11.0. The minimum atomic E-state index is 0.102. The Balaban J connectivity index is 2.28. The third kappa shape index (κ3) is 5.48. The number of piperidine rings is 1. The van der Waals surface area contributed by atoms with Crippen LogP contribution in [0.4, 0.5) is 0 Å². The van der Waals surface area contributed by atoms with E-state index in [4.69, 9.17) is 4.74 Å². The molecule has 0 aromatic rings. The van der Waals surface area contributed by atoms with Gasteiger partial charge in [-0.1, -0.05) is 6.42 Å². The quantitative estimate of drug-likeness (QED) is 0.609. The first kappa shape index (κ1) is 14.4. The lowest BCUT2D eigenvalue weighted by Gasteiger charge is -2.35. The molecule has 1 atom stereocenters. The van der Waals surface area contributed by atoms with Crippen molar-refractivity contribution in [2.45, 2.75) is 25.3 Å². The molecule has 1 amide bonds. The first-order valence-corrected chi connectivity index (χ1v) is 6.42. The van der Waals surface area contributed by atoms with Crippen molar-refractivity contribution in [3.8, 4) is 0 Å². The molecule has 0 aliphatic carbocycles. The number of methoxy groups -OCH3 is 1. The lowest BCUT2D eigenvalue weighted by atomic mass is 10.0. The van der Waals surface area contributed by atoms with Gasteiger partial charge < -0.3 is 15.4 Å². The van der Waals surface area contributed by atoms with Crippen LogP contribution in [0, 0.1) is 0 Å². The first-order valence-electron chi connectivity index (χ1n) is 6.42. The molecule has 0 aromatic heterocycles. The van der Waals surface area contributed by atoms with E-state index < -0.39 is 0 Å². The molecule has 1 rings (SSSR count). The average molecular weight is 243 g/mol. The van der Waals surface area contributed by atoms with Crippen molar-refractivity contribution in [3.05, 3.63) is 0 Å². The Hall–Kier alpha value is -0.650. The van der Waals surface area contributed by atoms with Crippen molar-refractivity contribution in [1.29, 1.82) is 0 Å². The molecule has 0 radical (unpaired) electrons. The standard InChI is InChI=1S/C12H25N3O2/c1-13-9-11-5-3-4-7-15(11)10-12(16)14-6-8-17-2/h11,13H,3-10H2,1-2H3,(H,14,16). The third-order valence-corrected chi connectivity index (χ3v) is 3.16. The van der Waals surface area contributed by atoms with Gasteiger partial charge in [-0.3, -0.25) is 9.69 Å². The largest absolute Gasteiger partial charge is 0.383 e. The van der Waals surface area contributed by atoms with Gasteiger partial charge in [-0.2, -0.15) is 0 Å². The fourth-order valence-corrected chi connectivity index (χ4v) is 2.27. The SMILES string of the molecule is CNCC1CCCCN1CC(=O)NCCOC. The molecule has 5 nitrogen and oxygen atoms in total. The number of hydrogen-bond donors (Lipinski definition) is 2. The van der Waals surface area contributed by atoms with Crippen molar-refractivity contribution >= 4 is 5.91 Å². The van der Waals surface area contributed by atoms with Gasteiger partial charge in [-0.05, 0) is 26.4 Å². The average Bonchev–Trinajstić information content (AvgIpc) is 2.32. The van der Waals surface area contributed by atoms with Crippen molar-refractivity contribution < 1.29 is 9.53 Å². The van der Waals surface area contributed by atoms with E-state index in [2.05, 4.69) is 15.5 Å². The van der Waals surface area contributed by atoms with E-state index in [-0.39, 0.29) is 5.91 Å². The van der Waals surface area contributed by atoms with Gasteiger partial charge in [0.05, 0.1) is 13.2 Å². The second-order valence-corrected chi connectivity index (χ2v) is 4.52. The Labute approximate surface area is 104 Å². The minimum absolute atomic E-state index is 0.102. The molecule has 100 valence electrons. The number of amides is 1. The molecule has 17 heavy (non-hydrogen) atoms. The molecule has 1 heterocycles. The molecule has 2 N–H and O–H groups in total.